The quantitative estimate of drug-likeness (QED) is 0.680. The first-order valence-electron chi connectivity index (χ1n) is 6.16. The minimum absolute atomic E-state index is 0.939. The minimum atomic E-state index is 0.939. The maximum absolute atomic E-state index is 5.29. The molecule has 2 heteroatoms. The van der Waals surface area contributed by atoms with Crippen LogP contribution in [0.3, 0.4) is 0 Å². The molecule has 0 saturated heterocycles. The van der Waals surface area contributed by atoms with Crippen LogP contribution in [-0.4, -0.2) is 21.2 Å². The molecule has 2 aromatic carbocycles. The summed E-state index contributed by atoms with van der Waals surface area (Å²) in [6, 6.07) is 13.0. The van der Waals surface area contributed by atoms with Crippen molar-refractivity contribution in [1.29, 1.82) is 0 Å². The Hall–Kier alpha value is -1.96. The van der Waals surface area contributed by atoms with E-state index in [0.29, 0.717) is 0 Å². The van der Waals surface area contributed by atoms with Crippen LogP contribution < -0.4 is 9.64 Å². The Morgan fingerprint density at radius 2 is 1.61 bits per heavy atom. The Bertz CT molecular complexity index is 602. The third-order valence-electron chi connectivity index (χ3n) is 3.59. The first kappa shape index (κ1) is 11.1. The molecule has 0 spiro atoms. The van der Waals surface area contributed by atoms with Gasteiger partial charge < -0.3 is 9.64 Å². The minimum Gasteiger partial charge on any atom is -0.497 e. The van der Waals surface area contributed by atoms with Crippen molar-refractivity contribution in [3.05, 3.63) is 47.5 Å². The van der Waals surface area contributed by atoms with E-state index in [1.807, 2.05) is 6.07 Å². The Balaban J connectivity index is 2.07. The smallest absolute Gasteiger partial charge is 0.119 e. The van der Waals surface area contributed by atoms with Crippen LogP contribution in [0, 0.1) is 0 Å². The maximum atomic E-state index is 5.29. The molecule has 1 aliphatic carbocycles. The van der Waals surface area contributed by atoms with E-state index in [1.54, 1.807) is 7.11 Å². The molecule has 0 N–H and O–H groups in total. The number of anilines is 1. The Morgan fingerprint density at radius 1 is 0.944 bits per heavy atom. The zero-order valence-electron chi connectivity index (χ0n) is 11.0. The van der Waals surface area contributed by atoms with Gasteiger partial charge >= 0.3 is 0 Å². The fourth-order valence-corrected chi connectivity index (χ4v) is 2.58. The second-order valence-corrected chi connectivity index (χ2v) is 4.94. The van der Waals surface area contributed by atoms with E-state index in [2.05, 4.69) is 49.3 Å². The summed E-state index contributed by atoms with van der Waals surface area (Å²) in [7, 11) is 5.87. The third kappa shape index (κ3) is 1.65. The molecule has 2 nitrogen and oxygen atoms in total. The van der Waals surface area contributed by atoms with Gasteiger partial charge in [0.15, 0.2) is 0 Å². The average molecular weight is 239 g/mol. The summed E-state index contributed by atoms with van der Waals surface area (Å²) < 4.78 is 5.29. The van der Waals surface area contributed by atoms with Gasteiger partial charge in [0.1, 0.15) is 5.75 Å². The molecule has 3 rings (SSSR count). The predicted molar refractivity (Wildman–Crippen MR) is 75.6 cm³/mol. The van der Waals surface area contributed by atoms with E-state index in [-0.39, 0.29) is 0 Å². The summed E-state index contributed by atoms with van der Waals surface area (Å²) in [6.45, 7) is 0. The molecule has 0 aliphatic heterocycles. The highest BCUT2D eigenvalue weighted by molar-refractivity contribution is 5.79. The Morgan fingerprint density at radius 3 is 2.28 bits per heavy atom. The van der Waals surface area contributed by atoms with Gasteiger partial charge in [-0.3, -0.25) is 0 Å². The van der Waals surface area contributed by atoms with Crippen molar-refractivity contribution in [2.75, 3.05) is 26.1 Å². The molecule has 18 heavy (non-hydrogen) atoms. The van der Waals surface area contributed by atoms with Crippen molar-refractivity contribution in [2.24, 2.45) is 0 Å². The number of fused-ring (bicyclic) bond motifs is 3. The van der Waals surface area contributed by atoms with Gasteiger partial charge in [-0.05, 0) is 52.9 Å². The van der Waals surface area contributed by atoms with Crippen molar-refractivity contribution in [3.63, 3.8) is 0 Å². The summed E-state index contributed by atoms with van der Waals surface area (Å²) in [5.74, 6) is 0.939. The lowest BCUT2D eigenvalue weighted by Crippen LogP contribution is -2.08. The van der Waals surface area contributed by atoms with Gasteiger partial charge in [0.25, 0.3) is 0 Å². The van der Waals surface area contributed by atoms with Crippen LogP contribution in [0.1, 0.15) is 11.1 Å². The number of nitrogens with zero attached hydrogens (tertiary/aromatic N) is 1. The van der Waals surface area contributed by atoms with E-state index in [0.717, 1.165) is 12.2 Å². The normalized spacial score (nSPS) is 11.9. The number of methoxy groups -OCH3 is 1. The highest BCUT2D eigenvalue weighted by atomic mass is 16.5. The fraction of sp³-hybridized carbons (Fsp3) is 0.250. The Labute approximate surface area is 108 Å². The third-order valence-corrected chi connectivity index (χ3v) is 3.59. The molecule has 0 unspecified atom stereocenters. The lowest BCUT2D eigenvalue weighted by molar-refractivity contribution is 0.414. The van der Waals surface area contributed by atoms with E-state index in [9.17, 15) is 0 Å². The largest absolute Gasteiger partial charge is 0.497 e. The fourth-order valence-electron chi connectivity index (χ4n) is 2.58. The molecule has 0 bridgehead atoms. The van der Waals surface area contributed by atoms with Crippen molar-refractivity contribution < 1.29 is 4.74 Å². The zero-order chi connectivity index (χ0) is 12.7. The molecular weight excluding hydrogens is 222 g/mol. The summed E-state index contributed by atoms with van der Waals surface area (Å²) in [4.78, 5) is 2.14. The number of ether oxygens (including phenoxy) is 1. The van der Waals surface area contributed by atoms with Crippen molar-refractivity contribution in [3.8, 4) is 16.9 Å². The molecule has 0 amide bonds. The molecule has 0 fully saturated rings. The predicted octanol–water partition coefficient (Wildman–Crippen LogP) is 3.33. The second kappa shape index (κ2) is 4.05. The van der Waals surface area contributed by atoms with Gasteiger partial charge in [-0.1, -0.05) is 12.1 Å². The molecule has 2 aromatic rings. The lowest BCUT2D eigenvalue weighted by atomic mass is 10.1. The lowest BCUT2D eigenvalue weighted by Gasteiger charge is -2.13. The number of hydrogen-bond donors (Lipinski definition) is 0. The van der Waals surface area contributed by atoms with E-state index < -0.39 is 0 Å². The van der Waals surface area contributed by atoms with Gasteiger partial charge in [0.05, 0.1) is 7.11 Å². The van der Waals surface area contributed by atoms with Gasteiger partial charge in [-0.25, -0.2) is 0 Å². The molecule has 0 saturated carbocycles. The van der Waals surface area contributed by atoms with E-state index in [1.165, 1.54) is 27.9 Å². The first-order chi connectivity index (χ1) is 8.69. The molecule has 0 atom stereocenters. The summed E-state index contributed by atoms with van der Waals surface area (Å²) in [5, 5.41) is 0. The first-order valence-corrected chi connectivity index (χ1v) is 6.16. The summed E-state index contributed by atoms with van der Waals surface area (Å²) >= 11 is 0. The van der Waals surface area contributed by atoms with Gasteiger partial charge in [-0.15, -0.1) is 0 Å². The van der Waals surface area contributed by atoms with Crippen molar-refractivity contribution in [2.45, 2.75) is 6.42 Å². The van der Waals surface area contributed by atoms with E-state index in [4.69, 9.17) is 4.74 Å². The van der Waals surface area contributed by atoms with Crippen LogP contribution in [0.5, 0.6) is 5.75 Å². The molecule has 0 radical (unpaired) electrons. The van der Waals surface area contributed by atoms with Gasteiger partial charge in [-0.2, -0.15) is 0 Å². The highest BCUT2D eigenvalue weighted by Crippen LogP contribution is 2.39. The monoisotopic (exact) mass is 239 g/mol. The molecule has 92 valence electrons. The van der Waals surface area contributed by atoms with Crippen LogP contribution in [0.15, 0.2) is 36.4 Å². The maximum Gasteiger partial charge on any atom is 0.119 e. The average Bonchev–Trinajstić information content (AvgIpc) is 2.74. The summed E-state index contributed by atoms with van der Waals surface area (Å²) in [5.41, 5.74) is 6.73. The summed E-state index contributed by atoms with van der Waals surface area (Å²) in [6.07, 6.45) is 1.00. The molecular formula is C16H17NO. The number of rotatable bonds is 2. The van der Waals surface area contributed by atoms with Crippen LogP contribution in [0.2, 0.25) is 0 Å². The standard InChI is InChI=1S/C16H17NO/c1-17(2)13-4-6-15-11(9-13)8-12-10-14(18-3)5-7-16(12)15/h4-7,9-10H,8H2,1-3H3. The van der Waals surface area contributed by atoms with E-state index >= 15 is 0 Å². The Kier molecular flexibility index (Phi) is 2.51. The van der Waals surface area contributed by atoms with Crippen LogP contribution in [0.25, 0.3) is 11.1 Å². The van der Waals surface area contributed by atoms with Crippen molar-refractivity contribution >= 4 is 5.69 Å². The van der Waals surface area contributed by atoms with Crippen LogP contribution in [0.4, 0.5) is 5.69 Å². The molecule has 0 heterocycles. The van der Waals surface area contributed by atoms with Crippen LogP contribution >= 0.6 is 0 Å². The van der Waals surface area contributed by atoms with Gasteiger partial charge in [0.2, 0.25) is 0 Å². The van der Waals surface area contributed by atoms with Crippen LogP contribution in [-0.2, 0) is 6.42 Å². The highest BCUT2D eigenvalue weighted by Gasteiger charge is 2.19. The molecule has 1 aliphatic rings. The number of hydrogen-bond acceptors (Lipinski definition) is 2. The SMILES string of the molecule is COc1ccc2c(c1)Cc1cc(N(C)C)ccc1-2. The molecule has 0 aromatic heterocycles. The number of benzene rings is 2. The van der Waals surface area contributed by atoms with Crippen molar-refractivity contribution in [1.82, 2.24) is 0 Å². The zero-order valence-corrected chi connectivity index (χ0v) is 11.0. The topological polar surface area (TPSA) is 12.5 Å². The second-order valence-electron chi connectivity index (χ2n) is 4.94. The van der Waals surface area contributed by atoms with Gasteiger partial charge in [0, 0.05) is 19.8 Å².